The molecule has 3 rings (SSSR count). The van der Waals surface area contributed by atoms with Gasteiger partial charge in [0.25, 0.3) is 0 Å². The third-order valence-corrected chi connectivity index (χ3v) is 6.08. The smallest absolute Gasteiger partial charge is 0.334 e. The summed E-state index contributed by atoms with van der Waals surface area (Å²) in [5.41, 5.74) is 1.31. The molecule has 0 aromatic rings. The Kier molecular flexibility index (Phi) is 6.10. The van der Waals surface area contributed by atoms with Gasteiger partial charge in [0.1, 0.15) is 24.4 Å². The molecule has 0 unspecified atom stereocenters. The van der Waals surface area contributed by atoms with Crippen molar-refractivity contribution in [3.8, 4) is 0 Å². The van der Waals surface area contributed by atoms with Crippen molar-refractivity contribution in [1.29, 1.82) is 0 Å². The number of rotatable bonds is 2. The normalized spacial score (nSPS) is 40.0. The highest BCUT2D eigenvalue weighted by Crippen LogP contribution is 2.44. The van der Waals surface area contributed by atoms with E-state index in [2.05, 4.69) is 25.7 Å². The van der Waals surface area contributed by atoms with E-state index >= 15 is 0 Å². The van der Waals surface area contributed by atoms with E-state index in [0.717, 1.165) is 18.4 Å². The summed E-state index contributed by atoms with van der Waals surface area (Å²) in [6.07, 6.45) is 6.01. The summed E-state index contributed by atoms with van der Waals surface area (Å²) in [7, 11) is 0. The molecule has 2 fully saturated rings. The molecule has 0 aromatic carbocycles. The maximum atomic E-state index is 12.1. The van der Waals surface area contributed by atoms with E-state index in [-0.39, 0.29) is 12.5 Å². The van der Waals surface area contributed by atoms with Gasteiger partial charge in [-0.15, -0.1) is 0 Å². The highest BCUT2D eigenvalue weighted by Gasteiger charge is 2.53. The lowest BCUT2D eigenvalue weighted by molar-refractivity contribution is -0.206. The average molecular weight is 390 g/mol. The van der Waals surface area contributed by atoms with Crippen LogP contribution in [-0.2, 0) is 23.8 Å². The van der Waals surface area contributed by atoms with Crippen LogP contribution in [0.5, 0.6) is 0 Å². The first-order chi connectivity index (χ1) is 13.2. The molecule has 3 aliphatic rings. The molecule has 3 heterocycles. The van der Waals surface area contributed by atoms with Crippen molar-refractivity contribution < 1.29 is 28.9 Å². The van der Waals surface area contributed by atoms with Crippen LogP contribution >= 0.6 is 0 Å². The second-order valence-electron chi connectivity index (χ2n) is 8.24. The average Bonchev–Trinajstić information content (AvgIpc) is 2.93. The lowest BCUT2D eigenvalue weighted by Crippen LogP contribution is -2.56. The first-order valence-electron chi connectivity index (χ1n) is 9.94. The highest BCUT2D eigenvalue weighted by molar-refractivity contribution is 5.91. The Morgan fingerprint density at radius 2 is 2.11 bits per heavy atom. The molecular formula is C22H30O6. The van der Waals surface area contributed by atoms with Crippen LogP contribution in [0.1, 0.15) is 52.9 Å². The van der Waals surface area contributed by atoms with Crippen LogP contribution in [0, 0.1) is 5.92 Å². The summed E-state index contributed by atoms with van der Waals surface area (Å²) in [5, 5.41) is 11.5. The summed E-state index contributed by atoms with van der Waals surface area (Å²) in [5.74, 6) is -1.07. The zero-order valence-corrected chi connectivity index (χ0v) is 16.9. The van der Waals surface area contributed by atoms with Gasteiger partial charge in [0, 0.05) is 18.4 Å². The van der Waals surface area contributed by atoms with Crippen molar-refractivity contribution in [3.05, 3.63) is 35.5 Å². The molecule has 1 N–H and O–H groups in total. The molecule has 28 heavy (non-hydrogen) atoms. The van der Waals surface area contributed by atoms with Gasteiger partial charge in [-0.1, -0.05) is 24.3 Å². The third kappa shape index (κ3) is 4.23. The molecule has 2 bridgehead atoms. The number of allylic oxidation sites excluding steroid dienone is 3. The summed E-state index contributed by atoms with van der Waals surface area (Å²) in [6.45, 7) is 9.13. The Morgan fingerprint density at radius 1 is 1.36 bits per heavy atom. The van der Waals surface area contributed by atoms with E-state index in [1.54, 1.807) is 0 Å². The molecular weight excluding hydrogens is 360 g/mol. The number of carbonyl (C=O) groups excluding carboxylic acids is 2. The van der Waals surface area contributed by atoms with E-state index in [1.165, 1.54) is 12.5 Å². The number of hydrogen-bond acceptors (Lipinski definition) is 6. The second kappa shape index (κ2) is 8.21. The first kappa shape index (κ1) is 20.8. The Balaban J connectivity index is 1.97. The van der Waals surface area contributed by atoms with Gasteiger partial charge in [0.05, 0.1) is 6.10 Å². The minimum atomic E-state index is -1.35. The summed E-state index contributed by atoms with van der Waals surface area (Å²) < 4.78 is 17.1. The SMILES string of the molecule is C=C1C(=O)O[C@@H]2[C@@H]1C[C@@H]1O[C@H]2/C(C)=C/CC/C(C)=C\CC[C@]1(O)COC(C)=O. The third-order valence-electron chi connectivity index (χ3n) is 6.08. The molecule has 0 amide bonds. The van der Waals surface area contributed by atoms with Crippen molar-refractivity contribution in [2.75, 3.05) is 6.61 Å². The van der Waals surface area contributed by atoms with Crippen LogP contribution in [0.2, 0.25) is 0 Å². The summed E-state index contributed by atoms with van der Waals surface area (Å²) in [6, 6.07) is 0. The van der Waals surface area contributed by atoms with Crippen LogP contribution in [-0.4, -0.2) is 47.6 Å². The van der Waals surface area contributed by atoms with Crippen LogP contribution < -0.4 is 0 Å². The van der Waals surface area contributed by atoms with Gasteiger partial charge in [0.15, 0.2) is 0 Å². The maximum absolute atomic E-state index is 12.1. The standard InChI is InChI=1S/C22H30O6/c1-13-7-5-9-14(2)19-20-17(15(3)21(24)28-20)11-18(27-19)22(25,10-6-8-13)12-26-16(4)23/h8-9,17-20,25H,3,5-7,10-12H2,1-2,4H3/b13-8-,14-9+/t17-,18+,19+,20-,22+/m1/s1. The van der Waals surface area contributed by atoms with Gasteiger partial charge < -0.3 is 19.3 Å². The van der Waals surface area contributed by atoms with E-state index in [4.69, 9.17) is 14.2 Å². The molecule has 2 saturated heterocycles. The van der Waals surface area contributed by atoms with Gasteiger partial charge >= 0.3 is 11.9 Å². The minimum absolute atomic E-state index is 0.145. The summed E-state index contributed by atoms with van der Waals surface area (Å²) in [4.78, 5) is 23.5. The predicted octanol–water partition coefficient (Wildman–Crippen LogP) is 3.00. The van der Waals surface area contributed by atoms with Crippen molar-refractivity contribution in [2.45, 2.75) is 76.8 Å². The molecule has 3 aliphatic heterocycles. The molecule has 0 aliphatic carbocycles. The minimum Gasteiger partial charge on any atom is -0.463 e. The molecule has 6 nitrogen and oxygen atoms in total. The topological polar surface area (TPSA) is 82.1 Å². The quantitative estimate of drug-likeness (QED) is 0.443. The molecule has 0 aromatic heterocycles. The monoisotopic (exact) mass is 390 g/mol. The fourth-order valence-corrected chi connectivity index (χ4v) is 4.30. The van der Waals surface area contributed by atoms with Gasteiger partial charge in [-0.05, 0) is 51.5 Å². The van der Waals surface area contributed by atoms with Crippen LogP contribution in [0.25, 0.3) is 0 Å². The number of esters is 2. The van der Waals surface area contributed by atoms with E-state index in [0.29, 0.717) is 24.8 Å². The molecule has 0 spiro atoms. The molecule has 154 valence electrons. The lowest BCUT2D eigenvalue weighted by Gasteiger charge is -2.44. The van der Waals surface area contributed by atoms with E-state index < -0.39 is 35.9 Å². The largest absolute Gasteiger partial charge is 0.463 e. The van der Waals surface area contributed by atoms with Crippen LogP contribution in [0.3, 0.4) is 0 Å². The molecule has 0 saturated carbocycles. The van der Waals surface area contributed by atoms with Gasteiger partial charge in [0.2, 0.25) is 0 Å². The lowest BCUT2D eigenvalue weighted by atomic mass is 9.77. The van der Waals surface area contributed by atoms with Crippen LogP contribution in [0.15, 0.2) is 35.5 Å². The fourth-order valence-electron chi connectivity index (χ4n) is 4.30. The van der Waals surface area contributed by atoms with Crippen molar-refractivity contribution >= 4 is 11.9 Å². The zero-order chi connectivity index (χ0) is 20.5. The predicted molar refractivity (Wildman–Crippen MR) is 103 cm³/mol. The van der Waals surface area contributed by atoms with E-state index in [1.807, 2.05) is 6.92 Å². The van der Waals surface area contributed by atoms with Gasteiger partial charge in [-0.3, -0.25) is 4.79 Å². The Hall–Kier alpha value is -1.92. The molecule has 6 heteroatoms. The van der Waals surface area contributed by atoms with Crippen LogP contribution in [0.4, 0.5) is 0 Å². The maximum Gasteiger partial charge on any atom is 0.334 e. The van der Waals surface area contributed by atoms with E-state index in [9.17, 15) is 14.7 Å². The van der Waals surface area contributed by atoms with Crippen molar-refractivity contribution in [2.24, 2.45) is 5.92 Å². The molecule has 5 atom stereocenters. The zero-order valence-electron chi connectivity index (χ0n) is 16.9. The Bertz CT molecular complexity index is 721. The number of carbonyl (C=O) groups is 2. The first-order valence-corrected chi connectivity index (χ1v) is 9.94. The molecule has 0 radical (unpaired) electrons. The van der Waals surface area contributed by atoms with Gasteiger partial charge in [-0.25, -0.2) is 4.79 Å². The number of aliphatic hydroxyl groups is 1. The number of fused-ring (bicyclic) bond motifs is 4. The Morgan fingerprint density at radius 3 is 2.82 bits per heavy atom. The van der Waals surface area contributed by atoms with Crippen molar-refractivity contribution in [1.82, 2.24) is 0 Å². The number of hydrogen-bond donors (Lipinski definition) is 1. The number of ether oxygens (including phenoxy) is 3. The van der Waals surface area contributed by atoms with Crippen molar-refractivity contribution in [3.63, 3.8) is 0 Å². The van der Waals surface area contributed by atoms with Gasteiger partial charge in [-0.2, -0.15) is 0 Å². The second-order valence-corrected chi connectivity index (χ2v) is 8.24. The highest BCUT2D eigenvalue weighted by atomic mass is 16.6. The summed E-state index contributed by atoms with van der Waals surface area (Å²) >= 11 is 0. The fraction of sp³-hybridized carbons (Fsp3) is 0.636. The Labute approximate surface area is 166 Å².